The monoisotopic (exact) mass is 284 g/mol. The Morgan fingerprint density at radius 3 is 2.55 bits per heavy atom. The van der Waals surface area contributed by atoms with Gasteiger partial charge in [0.2, 0.25) is 5.91 Å². The van der Waals surface area contributed by atoms with Gasteiger partial charge in [0.25, 0.3) is 0 Å². The van der Waals surface area contributed by atoms with E-state index in [1.807, 2.05) is 20.8 Å². The van der Waals surface area contributed by atoms with Gasteiger partial charge >= 0.3 is 5.97 Å². The summed E-state index contributed by atoms with van der Waals surface area (Å²) < 4.78 is 0. The number of hydrogen-bond donors (Lipinski definition) is 3. The van der Waals surface area contributed by atoms with Crippen molar-refractivity contribution >= 4 is 11.9 Å². The average Bonchev–Trinajstić information content (AvgIpc) is 2.37. The molecule has 20 heavy (non-hydrogen) atoms. The minimum absolute atomic E-state index is 0.0613. The van der Waals surface area contributed by atoms with Gasteiger partial charge in [0.15, 0.2) is 0 Å². The minimum Gasteiger partial charge on any atom is -0.481 e. The third-order valence-electron chi connectivity index (χ3n) is 4.22. The highest BCUT2D eigenvalue weighted by molar-refractivity contribution is 5.85. The quantitative estimate of drug-likeness (QED) is 0.667. The van der Waals surface area contributed by atoms with Crippen molar-refractivity contribution in [2.75, 3.05) is 13.1 Å². The number of aliphatic carboxylic acids is 1. The molecule has 1 saturated heterocycles. The molecule has 5 nitrogen and oxygen atoms in total. The third kappa shape index (κ3) is 5.49. The molecule has 1 atom stereocenters. The first-order valence-electron chi connectivity index (χ1n) is 7.50. The van der Waals surface area contributed by atoms with Crippen LogP contribution in [0.5, 0.6) is 0 Å². The zero-order valence-corrected chi connectivity index (χ0v) is 12.9. The van der Waals surface area contributed by atoms with Gasteiger partial charge in [0.1, 0.15) is 0 Å². The van der Waals surface area contributed by atoms with E-state index in [1.165, 1.54) is 0 Å². The third-order valence-corrected chi connectivity index (χ3v) is 4.22. The van der Waals surface area contributed by atoms with Crippen molar-refractivity contribution in [2.45, 2.75) is 64.8 Å². The first kappa shape index (κ1) is 17.0. The molecule has 0 radical (unpaired) electrons. The number of hydrogen-bond acceptors (Lipinski definition) is 3. The van der Waals surface area contributed by atoms with Gasteiger partial charge in [-0.15, -0.1) is 0 Å². The zero-order chi connectivity index (χ0) is 15.2. The molecule has 0 bridgehead atoms. The molecule has 1 aliphatic heterocycles. The Morgan fingerprint density at radius 1 is 1.30 bits per heavy atom. The van der Waals surface area contributed by atoms with E-state index in [0.29, 0.717) is 13.0 Å². The molecule has 0 saturated carbocycles. The first-order chi connectivity index (χ1) is 9.25. The molecule has 1 rings (SSSR count). The fourth-order valence-corrected chi connectivity index (χ4v) is 2.53. The number of nitrogens with one attached hydrogen (secondary N) is 2. The summed E-state index contributed by atoms with van der Waals surface area (Å²) in [6.07, 6.45) is 4.70. The molecule has 1 amide bonds. The largest absolute Gasteiger partial charge is 0.481 e. The number of piperidine rings is 1. The SMILES string of the molecule is CC(C)(CCNC(=O)C1(C)CCCCN1)CCC(=O)O. The van der Waals surface area contributed by atoms with E-state index in [4.69, 9.17) is 5.11 Å². The normalized spacial score (nSPS) is 23.4. The molecule has 5 heteroatoms. The van der Waals surface area contributed by atoms with E-state index in [9.17, 15) is 9.59 Å². The van der Waals surface area contributed by atoms with Crippen LogP contribution in [0.3, 0.4) is 0 Å². The van der Waals surface area contributed by atoms with Gasteiger partial charge in [-0.25, -0.2) is 0 Å². The lowest BCUT2D eigenvalue weighted by atomic mass is 9.84. The number of carbonyl (C=O) groups excluding carboxylic acids is 1. The molecular weight excluding hydrogens is 256 g/mol. The van der Waals surface area contributed by atoms with E-state index in [0.717, 1.165) is 32.2 Å². The number of carboxylic acid groups (broad SMARTS) is 1. The average molecular weight is 284 g/mol. The lowest BCUT2D eigenvalue weighted by Crippen LogP contribution is -2.57. The standard InChI is InChI=1S/C15H28N2O3/c1-14(2,8-6-12(18)19)9-11-16-13(20)15(3)7-4-5-10-17-15/h17H,4-11H2,1-3H3,(H,16,20)(H,18,19). The number of rotatable bonds is 7. The van der Waals surface area contributed by atoms with Crippen LogP contribution < -0.4 is 10.6 Å². The van der Waals surface area contributed by atoms with Crippen LogP contribution in [0.1, 0.15) is 59.3 Å². The molecule has 116 valence electrons. The summed E-state index contributed by atoms with van der Waals surface area (Å²) in [5.74, 6) is -0.702. The van der Waals surface area contributed by atoms with Crippen LogP contribution in [0.15, 0.2) is 0 Å². The topological polar surface area (TPSA) is 78.4 Å². The Labute approximate surface area is 121 Å². The highest BCUT2D eigenvalue weighted by atomic mass is 16.4. The van der Waals surface area contributed by atoms with Crippen molar-refractivity contribution < 1.29 is 14.7 Å². The molecule has 1 unspecified atom stereocenters. The van der Waals surface area contributed by atoms with Crippen LogP contribution in [0.25, 0.3) is 0 Å². The van der Waals surface area contributed by atoms with Crippen molar-refractivity contribution in [3.63, 3.8) is 0 Å². The molecular formula is C15H28N2O3. The maximum absolute atomic E-state index is 12.2. The van der Waals surface area contributed by atoms with Gasteiger partial charge in [0, 0.05) is 13.0 Å². The fourth-order valence-electron chi connectivity index (χ4n) is 2.53. The predicted octanol–water partition coefficient (Wildman–Crippen LogP) is 1.92. The molecule has 1 fully saturated rings. The zero-order valence-electron chi connectivity index (χ0n) is 12.9. The second kappa shape index (κ2) is 7.07. The highest BCUT2D eigenvalue weighted by Gasteiger charge is 2.34. The number of carboxylic acids is 1. The Balaban J connectivity index is 2.32. The molecule has 0 aromatic rings. The van der Waals surface area contributed by atoms with Crippen LogP contribution in [0.2, 0.25) is 0 Å². The van der Waals surface area contributed by atoms with Gasteiger partial charge in [-0.2, -0.15) is 0 Å². The minimum atomic E-state index is -0.763. The summed E-state index contributed by atoms with van der Waals surface area (Å²) in [6, 6.07) is 0. The van der Waals surface area contributed by atoms with E-state index in [-0.39, 0.29) is 17.7 Å². The van der Waals surface area contributed by atoms with Crippen molar-refractivity contribution in [1.29, 1.82) is 0 Å². The smallest absolute Gasteiger partial charge is 0.303 e. The van der Waals surface area contributed by atoms with Crippen LogP contribution in [-0.4, -0.2) is 35.6 Å². The van der Waals surface area contributed by atoms with Crippen molar-refractivity contribution in [3.8, 4) is 0 Å². The Hall–Kier alpha value is -1.10. The summed E-state index contributed by atoms with van der Waals surface area (Å²) in [5, 5.41) is 15.0. The van der Waals surface area contributed by atoms with Crippen LogP contribution in [0.4, 0.5) is 0 Å². The van der Waals surface area contributed by atoms with Gasteiger partial charge in [0.05, 0.1) is 5.54 Å². The van der Waals surface area contributed by atoms with Crippen molar-refractivity contribution in [2.24, 2.45) is 5.41 Å². The lowest BCUT2D eigenvalue weighted by molar-refractivity contribution is -0.137. The Kier molecular flexibility index (Phi) is 5.99. The molecule has 0 aliphatic carbocycles. The maximum atomic E-state index is 12.2. The van der Waals surface area contributed by atoms with Crippen LogP contribution in [0, 0.1) is 5.41 Å². The van der Waals surface area contributed by atoms with E-state index < -0.39 is 11.5 Å². The van der Waals surface area contributed by atoms with Gasteiger partial charge in [-0.3, -0.25) is 9.59 Å². The summed E-state index contributed by atoms with van der Waals surface area (Å²) >= 11 is 0. The fraction of sp³-hybridized carbons (Fsp3) is 0.867. The summed E-state index contributed by atoms with van der Waals surface area (Å²) in [4.78, 5) is 22.8. The number of amides is 1. The van der Waals surface area contributed by atoms with Crippen molar-refractivity contribution in [1.82, 2.24) is 10.6 Å². The van der Waals surface area contributed by atoms with Crippen LogP contribution in [-0.2, 0) is 9.59 Å². The maximum Gasteiger partial charge on any atom is 0.303 e. The summed E-state index contributed by atoms with van der Waals surface area (Å²) in [6.45, 7) is 7.54. The van der Waals surface area contributed by atoms with E-state index in [1.54, 1.807) is 0 Å². The van der Waals surface area contributed by atoms with Crippen LogP contribution >= 0.6 is 0 Å². The second-order valence-corrected chi connectivity index (χ2v) is 6.78. The lowest BCUT2D eigenvalue weighted by Gasteiger charge is -2.34. The van der Waals surface area contributed by atoms with Gasteiger partial charge in [-0.05, 0) is 51.0 Å². The second-order valence-electron chi connectivity index (χ2n) is 6.78. The van der Waals surface area contributed by atoms with E-state index >= 15 is 0 Å². The summed E-state index contributed by atoms with van der Waals surface area (Å²) in [5.41, 5.74) is -0.504. The molecule has 1 heterocycles. The van der Waals surface area contributed by atoms with Crippen molar-refractivity contribution in [3.05, 3.63) is 0 Å². The van der Waals surface area contributed by atoms with Gasteiger partial charge in [-0.1, -0.05) is 13.8 Å². The Morgan fingerprint density at radius 2 is 2.00 bits per heavy atom. The van der Waals surface area contributed by atoms with Gasteiger partial charge < -0.3 is 15.7 Å². The molecule has 3 N–H and O–H groups in total. The molecule has 0 aromatic carbocycles. The number of carbonyl (C=O) groups is 2. The summed E-state index contributed by atoms with van der Waals surface area (Å²) in [7, 11) is 0. The van der Waals surface area contributed by atoms with E-state index in [2.05, 4.69) is 10.6 Å². The Bertz CT molecular complexity index is 347. The predicted molar refractivity (Wildman–Crippen MR) is 78.5 cm³/mol. The first-order valence-corrected chi connectivity index (χ1v) is 7.50. The molecule has 0 spiro atoms. The molecule has 1 aliphatic rings. The molecule has 0 aromatic heterocycles. The highest BCUT2D eigenvalue weighted by Crippen LogP contribution is 2.26.